The van der Waals surface area contributed by atoms with Gasteiger partial charge in [-0.1, -0.05) is 142 Å². The molecule has 0 spiro atoms. The number of carbonyl (C=O) groups is 3. The number of unbranched alkanes of at least 4 members (excludes halogenated alkanes) is 17. The third-order valence-corrected chi connectivity index (χ3v) is 8.61. The van der Waals surface area contributed by atoms with Crippen LogP contribution in [0.2, 0.25) is 0 Å². The number of esters is 2. The molecule has 0 unspecified atom stereocenters. The highest BCUT2D eigenvalue weighted by atomic mass is 31.2. The Balaban J connectivity index is 4.03. The molecule has 0 amide bonds. The van der Waals surface area contributed by atoms with Crippen LogP contribution in [-0.2, 0) is 32.9 Å². The molecule has 0 aromatic rings. The predicted molar refractivity (Wildman–Crippen MR) is 193 cm³/mol. The summed E-state index contributed by atoms with van der Waals surface area (Å²) in [6.45, 7) is 5.81. The molecular weight excluding hydrogens is 631 g/mol. The molecule has 280 valence electrons. The summed E-state index contributed by atoms with van der Waals surface area (Å²) in [5.74, 6) is 0.0319. The number of ketones is 1. The number of hydrogen-bond donors (Lipinski definition) is 2. The summed E-state index contributed by atoms with van der Waals surface area (Å²) in [4.78, 5) is 54.4. The largest absolute Gasteiger partial charge is 0.469 e. The van der Waals surface area contributed by atoms with Crippen molar-refractivity contribution in [2.75, 3.05) is 13.2 Å². The van der Waals surface area contributed by atoms with Gasteiger partial charge < -0.3 is 19.3 Å². The molecule has 0 bridgehead atoms. The predicted octanol–water partition coefficient (Wildman–Crippen LogP) is 10.3. The highest BCUT2D eigenvalue weighted by molar-refractivity contribution is 7.46. The molecule has 0 aliphatic rings. The van der Waals surface area contributed by atoms with Crippen LogP contribution in [0.3, 0.4) is 0 Å². The maximum Gasteiger partial charge on any atom is 0.469 e. The van der Waals surface area contributed by atoms with Crippen LogP contribution in [0.1, 0.15) is 175 Å². The molecule has 0 radical (unpaired) electrons. The number of carbonyl (C=O) groups excluding carboxylic acids is 3. The first-order valence-corrected chi connectivity index (χ1v) is 20.5. The van der Waals surface area contributed by atoms with Crippen molar-refractivity contribution in [3.05, 3.63) is 24.3 Å². The van der Waals surface area contributed by atoms with E-state index in [0.717, 1.165) is 76.5 Å². The Labute approximate surface area is 292 Å². The van der Waals surface area contributed by atoms with Crippen LogP contribution in [0.5, 0.6) is 0 Å². The van der Waals surface area contributed by atoms with E-state index in [4.69, 9.17) is 19.3 Å². The van der Waals surface area contributed by atoms with Crippen LogP contribution in [0, 0.1) is 5.92 Å². The second-order valence-electron chi connectivity index (χ2n) is 13.4. The second-order valence-corrected chi connectivity index (χ2v) is 14.7. The Hall–Kier alpha value is -1.80. The van der Waals surface area contributed by atoms with Crippen LogP contribution in [0.25, 0.3) is 0 Å². The van der Waals surface area contributed by atoms with Gasteiger partial charge >= 0.3 is 19.8 Å². The Morgan fingerprint density at radius 3 is 1.73 bits per heavy atom. The molecule has 10 heteroatoms. The fourth-order valence-corrected chi connectivity index (χ4v) is 5.60. The number of hydrogen-bond acceptors (Lipinski definition) is 7. The summed E-state index contributed by atoms with van der Waals surface area (Å²) in [5, 5.41) is 0. The summed E-state index contributed by atoms with van der Waals surface area (Å²) >= 11 is 0. The average molecular weight is 701 g/mol. The molecule has 0 aromatic carbocycles. The van der Waals surface area contributed by atoms with Gasteiger partial charge in [0.1, 0.15) is 6.61 Å². The van der Waals surface area contributed by atoms with Gasteiger partial charge in [-0.25, -0.2) is 4.57 Å². The number of rotatable bonds is 34. The van der Waals surface area contributed by atoms with Crippen LogP contribution in [0.15, 0.2) is 24.3 Å². The van der Waals surface area contributed by atoms with Gasteiger partial charge in [0.15, 0.2) is 11.9 Å². The summed E-state index contributed by atoms with van der Waals surface area (Å²) in [6.07, 6.45) is 30.3. The second kappa shape index (κ2) is 32.4. The van der Waals surface area contributed by atoms with Gasteiger partial charge in [-0.15, -0.1) is 0 Å². The average Bonchev–Trinajstić information content (AvgIpc) is 3.02. The van der Waals surface area contributed by atoms with Crippen molar-refractivity contribution in [2.45, 2.75) is 181 Å². The van der Waals surface area contributed by atoms with Gasteiger partial charge in [0.05, 0.1) is 6.61 Å². The van der Waals surface area contributed by atoms with E-state index in [1.807, 2.05) is 12.2 Å². The quantitative estimate of drug-likeness (QED) is 0.0221. The Morgan fingerprint density at radius 1 is 0.646 bits per heavy atom. The van der Waals surface area contributed by atoms with E-state index in [1.54, 1.807) is 6.08 Å². The molecule has 0 saturated carbocycles. The lowest BCUT2D eigenvalue weighted by Crippen LogP contribution is -2.29. The van der Waals surface area contributed by atoms with Gasteiger partial charge in [0.25, 0.3) is 0 Å². The van der Waals surface area contributed by atoms with E-state index in [2.05, 4.69) is 31.4 Å². The lowest BCUT2D eigenvalue weighted by molar-refractivity contribution is -0.161. The lowest BCUT2D eigenvalue weighted by atomic mass is 10.0. The number of phosphoric ester groups is 1. The zero-order chi connectivity index (χ0) is 35.7. The van der Waals surface area contributed by atoms with E-state index < -0.39 is 32.5 Å². The zero-order valence-corrected chi connectivity index (χ0v) is 31.4. The van der Waals surface area contributed by atoms with Gasteiger partial charge in [0, 0.05) is 19.3 Å². The molecule has 0 aliphatic heterocycles. The van der Waals surface area contributed by atoms with Crippen molar-refractivity contribution < 1.29 is 42.7 Å². The van der Waals surface area contributed by atoms with Crippen molar-refractivity contribution in [1.29, 1.82) is 0 Å². The SMILES string of the molecule is CCCCCC(=O)/C=C/C=C\CCCCCCCC(=O)OC[C@H](COP(=O)(O)O)OC(=O)CCCCCCCCCCCCCC(C)C. The number of phosphoric acid groups is 1. The van der Waals surface area contributed by atoms with Crippen molar-refractivity contribution in [1.82, 2.24) is 0 Å². The highest BCUT2D eigenvalue weighted by Crippen LogP contribution is 2.36. The van der Waals surface area contributed by atoms with E-state index in [9.17, 15) is 18.9 Å². The van der Waals surface area contributed by atoms with Crippen LogP contribution < -0.4 is 0 Å². The van der Waals surface area contributed by atoms with Crippen LogP contribution in [0.4, 0.5) is 0 Å². The van der Waals surface area contributed by atoms with Crippen LogP contribution in [-0.4, -0.2) is 46.8 Å². The summed E-state index contributed by atoms with van der Waals surface area (Å²) in [7, 11) is -4.77. The first-order valence-electron chi connectivity index (χ1n) is 18.9. The maximum absolute atomic E-state index is 12.4. The van der Waals surface area contributed by atoms with Crippen molar-refractivity contribution in [2.24, 2.45) is 5.92 Å². The monoisotopic (exact) mass is 700 g/mol. The molecule has 0 aliphatic carbocycles. The third kappa shape index (κ3) is 35.5. The molecular formula is C38H69O9P. The zero-order valence-electron chi connectivity index (χ0n) is 30.5. The molecule has 1 atom stereocenters. The van der Waals surface area contributed by atoms with E-state index in [1.165, 1.54) is 51.4 Å². The smallest absolute Gasteiger partial charge is 0.462 e. The van der Waals surface area contributed by atoms with Gasteiger partial charge in [-0.3, -0.25) is 18.9 Å². The molecule has 0 saturated heterocycles. The number of allylic oxidation sites excluding steroid dienone is 4. The van der Waals surface area contributed by atoms with Gasteiger partial charge in [-0.05, 0) is 44.1 Å². The van der Waals surface area contributed by atoms with Crippen molar-refractivity contribution in [3.63, 3.8) is 0 Å². The molecule has 2 N–H and O–H groups in total. The first kappa shape index (κ1) is 46.2. The summed E-state index contributed by atoms with van der Waals surface area (Å²) in [6, 6.07) is 0. The van der Waals surface area contributed by atoms with E-state index in [-0.39, 0.29) is 25.2 Å². The van der Waals surface area contributed by atoms with Gasteiger partial charge in [-0.2, -0.15) is 0 Å². The normalized spacial score (nSPS) is 12.7. The molecule has 48 heavy (non-hydrogen) atoms. The minimum absolute atomic E-state index is 0.174. The van der Waals surface area contributed by atoms with Gasteiger partial charge in [0.2, 0.25) is 0 Å². The lowest BCUT2D eigenvalue weighted by Gasteiger charge is -2.18. The first-order chi connectivity index (χ1) is 23.0. The number of ether oxygens (including phenoxy) is 2. The molecule has 0 fully saturated rings. The maximum atomic E-state index is 12.4. The third-order valence-electron chi connectivity index (χ3n) is 8.13. The molecule has 0 rings (SSSR count). The minimum atomic E-state index is -4.77. The Morgan fingerprint density at radius 2 is 1.17 bits per heavy atom. The van der Waals surface area contributed by atoms with Crippen LogP contribution >= 0.6 is 7.82 Å². The highest BCUT2D eigenvalue weighted by Gasteiger charge is 2.22. The van der Waals surface area contributed by atoms with Crippen molar-refractivity contribution >= 4 is 25.5 Å². The standard InChI is InChI=1S/C38H69O9P/c1-4-5-22-28-35(39)29-24-19-15-11-9-13-16-20-25-30-37(40)45-32-36(33-46-48(42,43)44)47-38(41)31-26-21-17-12-8-6-7-10-14-18-23-27-34(2)3/h15,19,24,29,34,36H,4-14,16-18,20-23,25-28,30-33H2,1-3H3,(H2,42,43,44)/b19-15-,29-24+/t36-/m1/s1. The Kier molecular flexibility index (Phi) is 31.2. The summed E-state index contributed by atoms with van der Waals surface area (Å²) in [5.41, 5.74) is 0. The molecule has 0 aromatic heterocycles. The Bertz CT molecular complexity index is 910. The minimum Gasteiger partial charge on any atom is -0.462 e. The fourth-order valence-electron chi connectivity index (χ4n) is 5.24. The summed E-state index contributed by atoms with van der Waals surface area (Å²) < 4.78 is 26.3. The van der Waals surface area contributed by atoms with Crippen molar-refractivity contribution in [3.8, 4) is 0 Å². The topological polar surface area (TPSA) is 136 Å². The van der Waals surface area contributed by atoms with E-state index in [0.29, 0.717) is 19.3 Å². The fraction of sp³-hybridized carbons (Fsp3) is 0.816. The molecule has 9 nitrogen and oxygen atoms in total. The van der Waals surface area contributed by atoms with E-state index >= 15 is 0 Å². The molecule has 0 heterocycles.